The van der Waals surface area contributed by atoms with E-state index in [1.54, 1.807) is 6.92 Å². The Balaban J connectivity index is 1.41. The Bertz CT molecular complexity index is 1280. The second-order valence-corrected chi connectivity index (χ2v) is 10.6. The van der Waals surface area contributed by atoms with E-state index in [-0.39, 0.29) is 23.8 Å². The van der Waals surface area contributed by atoms with Crippen LogP contribution in [0.1, 0.15) is 66.5 Å². The molecule has 0 saturated heterocycles. The summed E-state index contributed by atoms with van der Waals surface area (Å²) in [6.45, 7) is 6.58. The van der Waals surface area contributed by atoms with E-state index >= 15 is 0 Å². The summed E-state index contributed by atoms with van der Waals surface area (Å²) < 4.78 is 6.13. The molecule has 5 nitrogen and oxygen atoms in total. The van der Waals surface area contributed by atoms with E-state index in [0.717, 1.165) is 61.0 Å². The molecule has 3 aromatic rings. The summed E-state index contributed by atoms with van der Waals surface area (Å²) in [6, 6.07) is 22.1. The number of nitrogens with one attached hydrogen (secondary N) is 1. The lowest BCUT2D eigenvalue weighted by Crippen LogP contribution is -2.43. The van der Waals surface area contributed by atoms with Crippen molar-refractivity contribution in [1.29, 1.82) is 0 Å². The molecule has 0 radical (unpaired) electrons. The molecule has 2 aliphatic rings. The summed E-state index contributed by atoms with van der Waals surface area (Å²) in [7, 11) is 0. The fourth-order valence-corrected chi connectivity index (χ4v) is 5.65. The van der Waals surface area contributed by atoms with Gasteiger partial charge < -0.3 is 15.0 Å². The Hall–Kier alpha value is -3.60. The third-order valence-electron chi connectivity index (χ3n) is 7.69. The summed E-state index contributed by atoms with van der Waals surface area (Å²) >= 11 is 0. The Morgan fingerprint density at radius 1 is 0.946 bits per heavy atom. The van der Waals surface area contributed by atoms with Gasteiger partial charge in [-0.25, -0.2) is 0 Å². The molecular weight excluding hydrogens is 460 g/mol. The van der Waals surface area contributed by atoms with E-state index in [2.05, 4.69) is 47.5 Å². The maximum absolute atomic E-state index is 13.7. The first-order valence-electron chi connectivity index (χ1n) is 13.4. The number of hydrogen-bond acceptors (Lipinski definition) is 3. The Labute approximate surface area is 219 Å². The molecule has 192 valence electrons. The third kappa shape index (κ3) is 5.56. The van der Waals surface area contributed by atoms with Crippen LogP contribution in [0, 0.1) is 19.8 Å². The van der Waals surface area contributed by atoms with Gasteiger partial charge in [0.25, 0.3) is 5.91 Å². The lowest BCUT2D eigenvalue weighted by Gasteiger charge is -2.39. The van der Waals surface area contributed by atoms with Crippen LogP contribution in [0.2, 0.25) is 0 Å². The first kappa shape index (κ1) is 25.1. The average Bonchev–Trinajstić information content (AvgIpc) is 3.44. The van der Waals surface area contributed by atoms with E-state index in [1.165, 1.54) is 11.1 Å². The van der Waals surface area contributed by atoms with Crippen molar-refractivity contribution in [3.8, 4) is 5.75 Å². The molecule has 1 fully saturated rings. The summed E-state index contributed by atoms with van der Waals surface area (Å²) in [5.41, 5.74) is 6.50. The summed E-state index contributed by atoms with van der Waals surface area (Å²) in [5, 5.41) is 2.93. The fourth-order valence-electron chi connectivity index (χ4n) is 5.65. The minimum Gasteiger partial charge on any atom is -0.481 e. The quantitative estimate of drug-likeness (QED) is 0.431. The number of hydrogen-bond donors (Lipinski definition) is 1. The Morgan fingerprint density at radius 3 is 2.43 bits per heavy atom. The topological polar surface area (TPSA) is 58.6 Å². The molecule has 2 unspecified atom stereocenters. The Morgan fingerprint density at radius 2 is 1.70 bits per heavy atom. The van der Waals surface area contributed by atoms with Crippen molar-refractivity contribution in [2.45, 2.75) is 65.0 Å². The average molecular weight is 497 g/mol. The van der Waals surface area contributed by atoms with Crippen molar-refractivity contribution in [1.82, 2.24) is 4.90 Å². The molecule has 3 aromatic carbocycles. The molecule has 2 amide bonds. The molecule has 2 atom stereocenters. The molecule has 0 spiro atoms. The van der Waals surface area contributed by atoms with Gasteiger partial charge in [-0.05, 0) is 81.0 Å². The molecule has 1 saturated carbocycles. The standard InChI is InChI=1S/C32H36N2O3/c1-21-11-14-27(15-12-21)33-31(35)23(3)37-28-16-13-24-17-18-34(32(36)25-8-4-5-9-25)30(29(24)20-28)26-10-6-7-22(2)19-26/h6-7,10-16,19-20,23,25,30H,4-5,8-9,17-18H2,1-3H3,(H,33,35). The van der Waals surface area contributed by atoms with Gasteiger partial charge in [-0.3, -0.25) is 9.59 Å². The molecule has 1 aliphatic heterocycles. The highest BCUT2D eigenvalue weighted by molar-refractivity contribution is 5.94. The molecule has 37 heavy (non-hydrogen) atoms. The SMILES string of the molecule is Cc1ccc(NC(=O)C(C)Oc2ccc3c(c2)C(c2cccc(C)c2)N(C(=O)C2CCCC2)CC3)cc1. The smallest absolute Gasteiger partial charge is 0.265 e. The second kappa shape index (κ2) is 10.8. The van der Waals surface area contributed by atoms with Crippen molar-refractivity contribution in [2.75, 3.05) is 11.9 Å². The summed E-state index contributed by atoms with van der Waals surface area (Å²) in [5.74, 6) is 0.832. The van der Waals surface area contributed by atoms with Crippen LogP contribution in [0.5, 0.6) is 5.75 Å². The van der Waals surface area contributed by atoms with Crippen molar-refractivity contribution in [3.05, 3.63) is 94.5 Å². The van der Waals surface area contributed by atoms with E-state index in [9.17, 15) is 9.59 Å². The molecule has 1 aliphatic carbocycles. The van der Waals surface area contributed by atoms with Gasteiger partial charge in [0.15, 0.2) is 6.10 Å². The number of fused-ring (bicyclic) bond motifs is 1. The molecule has 0 bridgehead atoms. The highest BCUT2D eigenvalue weighted by Gasteiger charge is 2.36. The second-order valence-electron chi connectivity index (χ2n) is 10.6. The first-order chi connectivity index (χ1) is 17.9. The number of carbonyl (C=O) groups excluding carboxylic acids is 2. The zero-order valence-corrected chi connectivity index (χ0v) is 22.0. The van der Waals surface area contributed by atoms with Gasteiger partial charge in [0.1, 0.15) is 5.75 Å². The lowest BCUT2D eigenvalue weighted by atomic mass is 9.86. The largest absolute Gasteiger partial charge is 0.481 e. The van der Waals surface area contributed by atoms with E-state index in [1.807, 2.05) is 43.3 Å². The van der Waals surface area contributed by atoms with Crippen LogP contribution in [0.25, 0.3) is 0 Å². The minimum absolute atomic E-state index is 0.124. The highest BCUT2D eigenvalue weighted by Crippen LogP contribution is 2.40. The monoisotopic (exact) mass is 496 g/mol. The third-order valence-corrected chi connectivity index (χ3v) is 7.69. The van der Waals surface area contributed by atoms with Gasteiger partial charge >= 0.3 is 0 Å². The summed E-state index contributed by atoms with van der Waals surface area (Å²) in [4.78, 5) is 28.6. The van der Waals surface area contributed by atoms with Crippen molar-refractivity contribution >= 4 is 17.5 Å². The number of carbonyl (C=O) groups is 2. The first-order valence-corrected chi connectivity index (χ1v) is 13.4. The number of ether oxygens (including phenoxy) is 1. The number of nitrogens with zero attached hydrogens (tertiary/aromatic N) is 1. The highest BCUT2D eigenvalue weighted by atomic mass is 16.5. The Kier molecular flexibility index (Phi) is 7.31. The number of benzene rings is 3. The van der Waals surface area contributed by atoms with Crippen LogP contribution in [0.15, 0.2) is 66.7 Å². The predicted octanol–water partition coefficient (Wildman–Crippen LogP) is 6.37. The number of amides is 2. The van der Waals surface area contributed by atoms with Gasteiger partial charge in [-0.2, -0.15) is 0 Å². The van der Waals surface area contributed by atoms with Crippen LogP contribution >= 0.6 is 0 Å². The zero-order valence-electron chi connectivity index (χ0n) is 22.0. The lowest BCUT2D eigenvalue weighted by molar-refractivity contribution is -0.137. The summed E-state index contributed by atoms with van der Waals surface area (Å²) in [6.07, 6.45) is 4.39. The molecule has 1 N–H and O–H groups in total. The normalized spacial score (nSPS) is 18.2. The van der Waals surface area contributed by atoms with Crippen LogP contribution in [0.3, 0.4) is 0 Å². The van der Waals surface area contributed by atoms with Gasteiger partial charge in [-0.1, -0.05) is 66.4 Å². The number of anilines is 1. The zero-order chi connectivity index (χ0) is 25.9. The van der Waals surface area contributed by atoms with E-state index in [0.29, 0.717) is 5.75 Å². The van der Waals surface area contributed by atoms with Crippen molar-refractivity contribution in [2.24, 2.45) is 5.92 Å². The number of aryl methyl sites for hydroxylation is 2. The van der Waals surface area contributed by atoms with Crippen molar-refractivity contribution < 1.29 is 14.3 Å². The fraction of sp³-hybridized carbons (Fsp3) is 0.375. The van der Waals surface area contributed by atoms with Crippen LogP contribution < -0.4 is 10.1 Å². The van der Waals surface area contributed by atoms with Gasteiger partial charge in [0.05, 0.1) is 6.04 Å². The minimum atomic E-state index is -0.670. The molecule has 1 heterocycles. The van der Waals surface area contributed by atoms with Gasteiger partial charge in [-0.15, -0.1) is 0 Å². The maximum atomic E-state index is 13.7. The molecule has 5 heteroatoms. The molecular formula is C32H36N2O3. The van der Waals surface area contributed by atoms with E-state index < -0.39 is 6.10 Å². The maximum Gasteiger partial charge on any atom is 0.265 e. The molecule has 0 aromatic heterocycles. The van der Waals surface area contributed by atoms with Crippen molar-refractivity contribution in [3.63, 3.8) is 0 Å². The van der Waals surface area contributed by atoms with E-state index in [4.69, 9.17) is 4.74 Å². The molecule has 5 rings (SSSR count). The predicted molar refractivity (Wildman–Crippen MR) is 147 cm³/mol. The number of rotatable bonds is 6. The van der Waals surface area contributed by atoms with Crippen LogP contribution in [-0.2, 0) is 16.0 Å². The van der Waals surface area contributed by atoms with Crippen LogP contribution in [0.4, 0.5) is 5.69 Å². The van der Waals surface area contributed by atoms with Gasteiger partial charge in [0.2, 0.25) is 5.91 Å². The van der Waals surface area contributed by atoms with Gasteiger partial charge in [0, 0.05) is 18.2 Å². The van der Waals surface area contributed by atoms with Crippen LogP contribution in [-0.4, -0.2) is 29.4 Å².